The van der Waals surface area contributed by atoms with E-state index in [1.54, 1.807) is 0 Å². The topological polar surface area (TPSA) is 36.3 Å². The summed E-state index contributed by atoms with van der Waals surface area (Å²) in [6.45, 7) is 15.0. The average Bonchev–Trinajstić information content (AvgIpc) is 2.89. The van der Waals surface area contributed by atoms with Gasteiger partial charge in [0.05, 0.1) is 24.4 Å². The summed E-state index contributed by atoms with van der Waals surface area (Å²) >= 11 is 0. The first-order valence-electron chi connectivity index (χ1n) is 8.65. The minimum atomic E-state index is -1.76. The molecule has 0 radical (unpaired) electrons. The monoisotopic (exact) mass is 344 g/mol. The van der Waals surface area contributed by atoms with Crippen LogP contribution in [0.2, 0.25) is 18.1 Å². The van der Waals surface area contributed by atoms with Crippen molar-refractivity contribution in [3.05, 3.63) is 30.0 Å². The van der Waals surface area contributed by atoms with E-state index in [0.29, 0.717) is 6.61 Å². The van der Waals surface area contributed by atoms with Crippen LogP contribution in [0.25, 0.3) is 17.0 Å². The molecule has 2 heterocycles. The molecule has 0 bridgehead atoms. The minimum Gasteiger partial charge on any atom is -0.489 e. The van der Waals surface area contributed by atoms with Gasteiger partial charge < -0.3 is 9.16 Å². The first-order chi connectivity index (χ1) is 11.2. The fourth-order valence-electron chi connectivity index (χ4n) is 2.86. The molecule has 130 valence electrons. The second-order valence-electron chi connectivity index (χ2n) is 8.14. The van der Waals surface area contributed by atoms with Crippen molar-refractivity contribution in [3.8, 4) is 5.75 Å². The third-order valence-electron chi connectivity index (χ3n) is 5.18. The quantitative estimate of drug-likeness (QED) is 0.744. The van der Waals surface area contributed by atoms with E-state index in [-0.39, 0.29) is 11.1 Å². The van der Waals surface area contributed by atoms with Crippen molar-refractivity contribution < 1.29 is 9.16 Å². The van der Waals surface area contributed by atoms with Gasteiger partial charge in [-0.1, -0.05) is 26.8 Å². The molecule has 0 unspecified atom stereocenters. The maximum Gasteiger partial charge on any atom is 0.192 e. The van der Waals surface area contributed by atoms with E-state index in [1.807, 2.05) is 18.3 Å². The Balaban J connectivity index is 1.83. The summed E-state index contributed by atoms with van der Waals surface area (Å²) in [5, 5.41) is 5.96. The summed E-state index contributed by atoms with van der Waals surface area (Å²) in [4.78, 5) is 0. The van der Waals surface area contributed by atoms with Crippen LogP contribution in [0.5, 0.6) is 5.75 Å². The number of benzene rings is 1. The Morgan fingerprint density at radius 3 is 2.79 bits per heavy atom. The highest BCUT2D eigenvalue weighted by atomic mass is 28.4. The molecule has 24 heavy (non-hydrogen) atoms. The van der Waals surface area contributed by atoms with Gasteiger partial charge in [-0.05, 0) is 43.3 Å². The summed E-state index contributed by atoms with van der Waals surface area (Å²) in [7, 11) is -1.76. The molecule has 1 aromatic heterocycles. The molecule has 4 nitrogen and oxygen atoms in total. The molecule has 0 spiro atoms. The molecule has 0 saturated carbocycles. The first kappa shape index (κ1) is 17.2. The van der Waals surface area contributed by atoms with Crippen LogP contribution in [-0.4, -0.2) is 30.8 Å². The molecular weight excluding hydrogens is 316 g/mol. The minimum absolute atomic E-state index is 0.136. The van der Waals surface area contributed by atoms with Crippen LogP contribution in [0.15, 0.2) is 24.4 Å². The van der Waals surface area contributed by atoms with E-state index >= 15 is 0 Å². The van der Waals surface area contributed by atoms with Gasteiger partial charge in [0.2, 0.25) is 0 Å². The summed E-state index contributed by atoms with van der Waals surface area (Å²) < 4.78 is 14.2. The Kier molecular flexibility index (Phi) is 4.34. The predicted molar refractivity (Wildman–Crippen MR) is 102 cm³/mol. The number of rotatable bonds is 4. The molecule has 1 atom stereocenters. The summed E-state index contributed by atoms with van der Waals surface area (Å²) in [6, 6.07) is 4.14. The highest BCUT2D eigenvalue weighted by Gasteiger charge is 2.38. The zero-order valence-electron chi connectivity index (χ0n) is 15.6. The van der Waals surface area contributed by atoms with Crippen LogP contribution in [0.3, 0.4) is 0 Å². The van der Waals surface area contributed by atoms with Gasteiger partial charge in [-0.2, -0.15) is 5.10 Å². The van der Waals surface area contributed by atoms with Gasteiger partial charge in [0, 0.05) is 10.9 Å². The SMILES string of the molecule is C[C@H](Cn1ncc2c3c(ccc21)OCC=C3)O[Si](C)(C)C(C)(C)C. The first-order valence-corrected chi connectivity index (χ1v) is 11.6. The lowest BCUT2D eigenvalue weighted by Gasteiger charge is -2.38. The Bertz CT molecular complexity index is 772. The van der Waals surface area contributed by atoms with E-state index in [1.165, 1.54) is 0 Å². The molecule has 0 saturated heterocycles. The lowest BCUT2D eigenvalue weighted by Crippen LogP contribution is -2.44. The molecule has 0 amide bonds. The molecule has 0 N–H and O–H groups in total. The van der Waals surface area contributed by atoms with E-state index in [2.05, 4.69) is 62.7 Å². The number of hydrogen-bond donors (Lipinski definition) is 0. The van der Waals surface area contributed by atoms with E-state index in [4.69, 9.17) is 9.16 Å². The highest BCUT2D eigenvalue weighted by Crippen LogP contribution is 2.37. The number of ether oxygens (including phenoxy) is 1. The average molecular weight is 345 g/mol. The van der Waals surface area contributed by atoms with Crippen molar-refractivity contribution in [2.45, 2.75) is 58.5 Å². The van der Waals surface area contributed by atoms with Gasteiger partial charge in [0.1, 0.15) is 12.4 Å². The molecule has 5 heteroatoms. The van der Waals surface area contributed by atoms with E-state index in [9.17, 15) is 0 Å². The van der Waals surface area contributed by atoms with Gasteiger partial charge in [-0.25, -0.2) is 0 Å². The molecular formula is C19H28N2O2Si. The normalized spacial score (nSPS) is 16.1. The number of aromatic nitrogens is 2. The second-order valence-corrected chi connectivity index (χ2v) is 12.9. The Morgan fingerprint density at radius 2 is 2.08 bits per heavy atom. The van der Waals surface area contributed by atoms with Crippen LogP contribution in [-0.2, 0) is 11.0 Å². The number of hydrogen-bond acceptors (Lipinski definition) is 3. The molecule has 1 aliphatic heterocycles. The maximum atomic E-state index is 6.48. The third-order valence-corrected chi connectivity index (χ3v) is 9.78. The maximum absolute atomic E-state index is 6.48. The zero-order chi connectivity index (χ0) is 17.5. The van der Waals surface area contributed by atoms with E-state index < -0.39 is 8.32 Å². The van der Waals surface area contributed by atoms with Crippen molar-refractivity contribution in [2.24, 2.45) is 0 Å². The Labute approximate surface area is 145 Å². The molecule has 1 aromatic carbocycles. The molecule has 0 fully saturated rings. The highest BCUT2D eigenvalue weighted by molar-refractivity contribution is 6.74. The van der Waals surface area contributed by atoms with Gasteiger partial charge in [0.25, 0.3) is 0 Å². The van der Waals surface area contributed by atoms with Gasteiger partial charge in [-0.15, -0.1) is 0 Å². The number of fused-ring (bicyclic) bond motifs is 3. The lowest BCUT2D eigenvalue weighted by molar-refractivity contribution is 0.176. The smallest absolute Gasteiger partial charge is 0.192 e. The van der Waals surface area contributed by atoms with Crippen LogP contribution in [0, 0.1) is 0 Å². The van der Waals surface area contributed by atoms with Crippen LogP contribution >= 0.6 is 0 Å². The molecule has 3 rings (SSSR count). The van der Waals surface area contributed by atoms with Crippen LogP contribution in [0.1, 0.15) is 33.3 Å². The fourth-order valence-corrected chi connectivity index (χ4v) is 4.30. The Morgan fingerprint density at radius 1 is 1.33 bits per heavy atom. The van der Waals surface area contributed by atoms with Crippen molar-refractivity contribution in [2.75, 3.05) is 6.61 Å². The molecule has 1 aliphatic rings. The van der Waals surface area contributed by atoms with Crippen LogP contribution < -0.4 is 4.74 Å². The van der Waals surface area contributed by atoms with E-state index in [0.717, 1.165) is 28.8 Å². The summed E-state index contributed by atoms with van der Waals surface area (Å²) in [5.41, 5.74) is 2.26. The Hall–Kier alpha value is -1.59. The standard InChI is InChI=1S/C19H28N2O2Si/c1-14(23-24(5,6)19(2,3)4)13-21-17-9-10-18-15(8-7-11-22-18)16(17)12-20-21/h7-10,12,14H,11,13H2,1-6H3/t14-/m1/s1. The van der Waals surface area contributed by atoms with Crippen molar-refractivity contribution in [1.29, 1.82) is 0 Å². The zero-order valence-corrected chi connectivity index (χ0v) is 16.6. The van der Waals surface area contributed by atoms with Crippen LogP contribution in [0.4, 0.5) is 0 Å². The second kappa shape index (κ2) is 6.04. The fraction of sp³-hybridized carbons (Fsp3) is 0.526. The largest absolute Gasteiger partial charge is 0.489 e. The van der Waals surface area contributed by atoms with Crippen molar-refractivity contribution >= 4 is 25.3 Å². The van der Waals surface area contributed by atoms with Gasteiger partial charge in [0.15, 0.2) is 8.32 Å². The number of nitrogens with zero attached hydrogens (tertiary/aromatic N) is 2. The predicted octanol–water partition coefficient (Wildman–Crippen LogP) is 4.85. The summed E-state index contributed by atoms with van der Waals surface area (Å²) in [6.07, 6.45) is 6.24. The summed E-state index contributed by atoms with van der Waals surface area (Å²) in [5.74, 6) is 0.940. The molecule has 0 aliphatic carbocycles. The van der Waals surface area contributed by atoms with Crippen molar-refractivity contribution in [1.82, 2.24) is 9.78 Å². The van der Waals surface area contributed by atoms with Crippen molar-refractivity contribution in [3.63, 3.8) is 0 Å². The van der Waals surface area contributed by atoms with Gasteiger partial charge in [-0.3, -0.25) is 4.68 Å². The molecule has 2 aromatic rings. The van der Waals surface area contributed by atoms with Gasteiger partial charge >= 0.3 is 0 Å². The third kappa shape index (κ3) is 3.15. The lowest BCUT2D eigenvalue weighted by atomic mass is 10.1.